The first-order valence-electron chi connectivity index (χ1n) is 7.21. The van der Waals surface area contributed by atoms with Crippen molar-refractivity contribution in [1.29, 1.82) is 0 Å². The SMILES string of the molecule is O=S(=O)(NCCCn1ccc2cccnc21)c1ccc(Cl)cc1. The highest BCUT2D eigenvalue weighted by molar-refractivity contribution is 7.89. The second kappa shape index (κ2) is 6.70. The molecule has 0 saturated carbocycles. The van der Waals surface area contributed by atoms with Crippen LogP contribution in [0.25, 0.3) is 11.0 Å². The fraction of sp³-hybridized carbons (Fsp3) is 0.188. The Morgan fingerprint density at radius 2 is 1.91 bits per heavy atom. The van der Waals surface area contributed by atoms with Crippen LogP contribution in [0, 0.1) is 0 Å². The third-order valence-electron chi connectivity index (χ3n) is 3.51. The van der Waals surface area contributed by atoms with Crippen LogP contribution in [0.2, 0.25) is 5.02 Å². The van der Waals surface area contributed by atoms with E-state index < -0.39 is 10.0 Å². The maximum Gasteiger partial charge on any atom is 0.240 e. The summed E-state index contributed by atoms with van der Waals surface area (Å²) in [6.45, 7) is 1.06. The van der Waals surface area contributed by atoms with Gasteiger partial charge in [-0.05, 0) is 48.9 Å². The van der Waals surface area contributed by atoms with E-state index in [1.54, 1.807) is 18.3 Å². The average molecular weight is 350 g/mol. The summed E-state index contributed by atoms with van der Waals surface area (Å²) in [5.41, 5.74) is 0.910. The van der Waals surface area contributed by atoms with Crippen molar-refractivity contribution < 1.29 is 8.42 Å². The largest absolute Gasteiger partial charge is 0.332 e. The Hall–Kier alpha value is -1.89. The van der Waals surface area contributed by atoms with Crippen LogP contribution in [-0.4, -0.2) is 24.5 Å². The van der Waals surface area contributed by atoms with Gasteiger partial charge >= 0.3 is 0 Å². The molecule has 0 radical (unpaired) electrons. The molecule has 1 aromatic carbocycles. The second-order valence-electron chi connectivity index (χ2n) is 5.13. The first kappa shape index (κ1) is 16.0. The Morgan fingerprint density at radius 3 is 2.70 bits per heavy atom. The number of nitrogens with zero attached hydrogens (tertiary/aromatic N) is 2. The van der Waals surface area contributed by atoms with Crippen molar-refractivity contribution in [1.82, 2.24) is 14.3 Å². The van der Waals surface area contributed by atoms with Crippen LogP contribution in [0.3, 0.4) is 0 Å². The average Bonchev–Trinajstić information content (AvgIpc) is 2.95. The molecule has 0 aliphatic carbocycles. The molecule has 0 atom stereocenters. The van der Waals surface area contributed by atoms with Gasteiger partial charge in [-0.25, -0.2) is 18.1 Å². The molecule has 3 aromatic rings. The molecule has 0 saturated heterocycles. The lowest BCUT2D eigenvalue weighted by molar-refractivity contribution is 0.571. The molecule has 0 spiro atoms. The predicted molar refractivity (Wildman–Crippen MR) is 91.0 cm³/mol. The first-order chi connectivity index (χ1) is 11.1. The molecule has 0 unspecified atom stereocenters. The van der Waals surface area contributed by atoms with E-state index in [4.69, 9.17) is 11.6 Å². The van der Waals surface area contributed by atoms with Crippen LogP contribution in [-0.2, 0) is 16.6 Å². The van der Waals surface area contributed by atoms with Crippen molar-refractivity contribution in [2.45, 2.75) is 17.9 Å². The van der Waals surface area contributed by atoms with Crippen LogP contribution in [0.15, 0.2) is 59.8 Å². The molecule has 0 aliphatic heterocycles. The van der Waals surface area contributed by atoms with Gasteiger partial charge in [-0.1, -0.05) is 11.6 Å². The van der Waals surface area contributed by atoms with Gasteiger partial charge in [0, 0.05) is 35.9 Å². The minimum absolute atomic E-state index is 0.218. The Balaban J connectivity index is 1.58. The molecule has 0 amide bonds. The fourth-order valence-corrected chi connectivity index (χ4v) is 3.55. The van der Waals surface area contributed by atoms with E-state index >= 15 is 0 Å². The number of aromatic nitrogens is 2. The van der Waals surface area contributed by atoms with Gasteiger partial charge in [0.1, 0.15) is 5.65 Å². The number of halogens is 1. The van der Waals surface area contributed by atoms with Crippen molar-refractivity contribution in [3.05, 3.63) is 59.9 Å². The topological polar surface area (TPSA) is 64.0 Å². The van der Waals surface area contributed by atoms with Gasteiger partial charge in [0.25, 0.3) is 0 Å². The molecule has 0 fully saturated rings. The quantitative estimate of drug-likeness (QED) is 0.696. The highest BCUT2D eigenvalue weighted by atomic mass is 35.5. The molecule has 1 N–H and O–H groups in total. The standard InChI is InChI=1S/C16H16ClN3O2S/c17-14-4-6-15(7-5-14)23(21,22)19-10-2-11-20-12-8-13-3-1-9-18-16(13)20/h1,3-9,12,19H,2,10-11H2. The molecule has 0 aliphatic rings. The minimum Gasteiger partial charge on any atom is -0.332 e. The molecule has 2 heterocycles. The number of benzene rings is 1. The lowest BCUT2D eigenvalue weighted by atomic mass is 10.3. The Labute approximate surface area is 140 Å². The summed E-state index contributed by atoms with van der Waals surface area (Å²) >= 11 is 5.77. The van der Waals surface area contributed by atoms with Gasteiger partial charge in [-0.2, -0.15) is 0 Å². The van der Waals surface area contributed by atoms with E-state index in [9.17, 15) is 8.42 Å². The molecule has 3 rings (SSSR count). The highest BCUT2D eigenvalue weighted by Crippen LogP contribution is 2.14. The van der Waals surface area contributed by atoms with Crippen LogP contribution in [0.1, 0.15) is 6.42 Å². The third-order valence-corrected chi connectivity index (χ3v) is 5.24. The number of hydrogen-bond acceptors (Lipinski definition) is 3. The summed E-state index contributed by atoms with van der Waals surface area (Å²) in [5, 5.41) is 1.59. The number of fused-ring (bicyclic) bond motifs is 1. The molecule has 7 heteroatoms. The van der Waals surface area contributed by atoms with Gasteiger partial charge in [-0.3, -0.25) is 0 Å². The van der Waals surface area contributed by atoms with Gasteiger partial charge in [0.05, 0.1) is 4.90 Å². The zero-order chi connectivity index (χ0) is 16.3. The van der Waals surface area contributed by atoms with Crippen LogP contribution in [0.5, 0.6) is 0 Å². The minimum atomic E-state index is -3.49. The highest BCUT2D eigenvalue weighted by Gasteiger charge is 2.12. The molecular formula is C16H16ClN3O2S. The van der Waals surface area contributed by atoms with Crippen LogP contribution in [0.4, 0.5) is 0 Å². The zero-order valence-corrected chi connectivity index (χ0v) is 13.9. The number of rotatable bonds is 6. The number of aryl methyl sites for hydroxylation is 1. The summed E-state index contributed by atoms with van der Waals surface area (Å²) in [4.78, 5) is 4.55. The van der Waals surface area contributed by atoms with Crippen molar-refractivity contribution in [2.24, 2.45) is 0 Å². The van der Waals surface area contributed by atoms with Gasteiger partial charge < -0.3 is 4.57 Å². The lowest BCUT2D eigenvalue weighted by Crippen LogP contribution is -2.25. The number of sulfonamides is 1. The number of pyridine rings is 1. The Morgan fingerprint density at radius 1 is 1.13 bits per heavy atom. The van der Waals surface area contributed by atoms with Crippen molar-refractivity contribution in [3.63, 3.8) is 0 Å². The van der Waals surface area contributed by atoms with E-state index in [0.717, 1.165) is 11.0 Å². The molecule has 2 aromatic heterocycles. The Kier molecular flexibility index (Phi) is 4.66. The zero-order valence-electron chi connectivity index (χ0n) is 12.3. The fourth-order valence-electron chi connectivity index (χ4n) is 2.35. The summed E-state index contributed by atoms with van der Waals surface area (Å²) in [5.74, 6) is 0. The maximum absolute atomic E-state index is 12.1. The number of hydrogen-bond donors (Lipinski definition) is 1. The smallest absolute Gasteiger partial charge is 0.240 e. The van der Waals surface area contributed by atoms with Crippen molar-refractivity contribution in [2.75, 3.05) is 6.54 Å². The van der Waals surface area contributed by atoms with Crippen LogP contribution < -0.4 is 4.72 Å². The van der Waals surface area contributed by atoms with E-state index in [-0.39, 0.29) is 4.90 Å². The summed E-state index contributed by atoms with van der Waals surface area (Å²) in [6, 6.07) is 12.0. The molecule has 120 valence electrons. The lowest BCUT2D eigenvalue weighted by Gasteiger charge is -2.08. The van der Waals surface area contributed by atoms with E-state index in [2.05, 4.69) is 9.71 Å². The second-order valence-corrected chi connectivity index (χ2v) is 7.33. The Bertz CT molecular complexity index is 904. The summed E-state index contributed by atoms with van der Waals surface area (Å²) in [7, 11) is -3.49. The maximum atomic E-state index is 12.1. The monoisotopic (exact) mass is 349 g/mol. The molecule has 5 nitrogen and oxygen atoms in total. The van der Waals surface area contributed by atoms with Crippen molar-refractivity contribution >= 4 is 32.7 Å². The van der Waals surface area contributed by atoms with Crippen LogP contribution >= 0.6 is 11.6 Å². The predicted octanol–water partition coefficient (Wildman–Crippen LogP) is 3.06. The van der Waals surface area contributed by atoms with E-state index in [1.165, 1.54) is 12.1 Å². The van der Waals surface area contributed by atoms with Gasteiger partial charge in [-0.15, -0.1) is 0 Å². The molecule has 23 heavy (non-hydrogen) atoms. The first-order valence-corrected chi connectivity index (χ1v) is 9.07. The number of nitrogens with one attached hydrogen (secondary N) is 1. The summed E-state index contributed by atoms with van der Waals surface area (Å²) < 4.78 is 28.9. The molecule has 0 bridgehead atoms. The van der Waals surface area contributed by atoms with E-state index in [0.29, 0.717) is 24.5 Å². The van der Waals surface area contributed by atoms with Gasteiger partial charge in [0.2, 0.25) is 10.0 Å². The van der Waals surface area contributed by atoms with Crippen molar-refractivity contribution in [3.8, 4) is 0 Å². The molecular weight excluding hydrogens is 334 g/mol. The third kappa shape index (κ3) is 3.72. The summed E-state index contributed by atoms with van der Waals surface area (Å²) in [6.07, 6.45) is 4.39. The van der Waals surface area contributed by atoms with E-state index in [1.807, 2.05) is 29.0 Å². The normalized spacial score (nSPS) is 11.9. The van der Waals surface area contributed by atoms with Gasteiger partial charge in [0.15, 0.2) is 0 Å².